The van der Waals surface area contributed by atoms with Crippen LogP contribution in [-0.4, -0.2) is 35.1 Å². The number of amides is 1. The van der Waals surface area contributed by atoms with Gasteiger partial charge in [0.25, 0.3) is 5.91 Å². The molecule has 3 aromatic rings. The van der Waals surface area contributed by atoms with E-state index in [1.165, 1.54) is 28.0 Å². The number of H-pyrrole nitrogens is 1. The van der Waals surface area contributed by atoms with Crippen molar-refractivity contribution in [3.05, 3.63) is 60.0 Å². The number of aromatic nitrogens is 2. The standard InChI is InChI=1S/C21H26N4O/c1-24-12-4-8-19(24)20-9-5-13-25(20)15-21(26)22-11-10-16-14-23-18-7-3-2-6-17(16)18/h2-4,6-8,12,14,20,23H,5,9-11,13,15H2,1H3,(H,22,26)/p+1/t20-/m1/s1. The van der Waals surface area contributed by atoms with Gasteiger partial charge in [0, 0.05) is 49.7 Å². The van der Waals surface area contributed by atoms with Gasteiger partial charge in [0.05, 0.1) is 12.2 Å². The van der Waals surface area contributed by atoms with Crippen LogP contribution in [0.3, 0.4) is 0 Å². The molecule has 2 aromatic heterocycles. The lowest BCUT2D eigenvalue weighted by Gasteiger charge is -2.21. The molecule has 1 saturated heterocycles. The molecule has 1 fully saturated rings. The Kier molecular flexibility index (Phi) is 4.80. The second kappa shape index (κ2) is 7.38. The highest BCUT2D eigenvalue weighted by Crippen LogP contribution is 2.19. The van der Waals surface area contributed by atoms with Crippen molar-refractivity contribution in [3.63, 3.8) is 0 Å². The van der Waals surface area contributed by atoms with E-state index in [0.29, 0.717) is 19.1 Å². The number of aryl methyl sites for hydroxylation is 1. The second-order valence-electron chi connectivity index (χ2n) is 7.28. The molecule has 4 rings (SSSR count). The SMILES string of the molecule is Cn1cccc1[C@H]1CCC[NH+]1CC(=O)NCCc1c[nH]c2ccccc12. The molecule has 1 unspecified atom stereocenters. The Morgan fingerprint density at radius 1 is 1.31 bits per heavy atom. The van der Waals surface area contributed by atoms with E-state index in [1.807, 2.05) is 12.3 Å². The highest BCUT2D eigenvalue weighted by atomic mass is 16.2. The number of carbonyl (C=O) groups is 1. The summed E-state index contributed by atoms with van der Waals surface area (Å²) in [6, 6.07) is 13.0. The lowest BCUT2D eigenvalue weighted by atomic mass is 10.1. The number of hydrogen-bond acceptors (Lipinski definition) is 1. The van der Waals surface area contributed by atoms with Crippen molar-refractivity contribution in [2.75, 3.05) is 19.6 Å². The number of rotatable bonds is 6. The third-order valence-electron chi connectivity index (χ3n) is 5.60. The van der Waals surface area contributed by atoms with E-state index in [-0.39, 0.29) is 5.91 Å². The number of likely N-dealkylation sites (tertiary alicyclic amines) is 1. The normalized spacial score (nSPS) is 19.9. The van der Waals surface area contributed by atoms with Crippen molar-refractivity contribution in [1.29, 1.82) is 0 Å². The van der Waals surface area contributed by atoms with Gasteiger partial charge in [-0.3, -0.25) is 4.79 Å². The summed E-state index contributed by atoms with van der Waals surface area (Å²) in [4.78, 5) is 17.1. The van der Waals surface area contributed by atoms with Crippen LogP contribution in [0.1, 0.15) is 30.1 Å². The first kappa shape index (κ1) is 16.9. The molecule has 2 atom stereocenters. The molecule has 5 heteroatoms. The number of aromatic amines is 1. The quantitative estimate of drug-likeness (QED) is 0.621. The van der Waals surface area contributed by atoms with E-state index < -0.39 is 0 Å². The van der Waals surface area contributed by atoms with Crippen LogP contribution in [0, 0.1) is 0 Å². The monoisotopic (exact) mass is 351 g/mol. The van der Waals surface area contributed by atoms with Crippen LogP contribution in [0.2, 0.25) is 0 Å². The molecule has 26 heavy (non-hydrogen) atoms. The summed E-state index contributed by atoms with van der Waals surface area (Å²) in [5.41, 5.74) is 3.75. The number of carbonyl (C=O) groups excluding carboxylic acids is 1. The molecule has 0 aliphatic carbocycles. The van der Waals surface area contributed by atoms with Crippen molar-refractivity contribution < 1.29 is 9.69 Å². The van der Waals surface area contributed by atoms with Gasteiger partial charge in [-0.05, 0) is 30.2 Å². The molecule has 5 nitrogen and oxygen atoms in total. The molecule has 1 aliphatic heterocycles. The third kappa shape index (κ3) is 3.40. The average molecular weight is 351 g/mol. The van der Waals surface area contributed by atoms with Gasteiger partial charge >= 0.3 is 0 Å². The molecule has 0 saturated carbocycles. The maximum atomic E-state index is 12.4. The van der Waals surface area contributed by atoms with Gasteiger partial charge < -0.3 is 19.8 Å². The number of quaternary nitrogens is 1. The van der Waals surface area contributed by atoms with E-state index in [4.69, 9.17) is 0 Å². The molecular formula is C21H27N4O+. The molecule has 1 aromatic carbocycles. The van der Waals surface area contributed by atoms with Crippen LogP contribution in [0.5, 0.6) is 0 Å². The minimum atomic E-state index is 0.154. The van der Waals surface area contributed by atoms with Crippen LogP contribution in [-0.2, 0) is 18.3 Å². The lowest BCUT2D eigenvalue weighted by molar-refractivity contribution is -0.911. The van der Waals surface area contributed by atoms with Gasteiger partial charge in [-0.15, -0.1) is 0 Å². The number of fused-ring (bicyclic) bond motifs is 1. The number of hydrogen-bond donors (Lipinski definition) is 3. The fourth-order valence-corrected chi connectivity index (χ4v) is 4.26. The number of nitrogens with one attached hydrogen (secondary N) is 3. The maximum Gasteiger partial charge on any atom is 0.275 e. The summed E-state index contributed by atoms with van der Waals surface area (Å²) in [5.74, 6) is 0.154. The van der Waals surface area contributed by atoms with Gasteiger partial charge in [0.15, 0.2) is 6.54 Å². The second-order valence-corrected chi connectivity index (χ2v) is 7.28. The molecule has 136 valence electrons. The third-order valence-corrected chi connectivity index (χ3v) is 5.60. The summed E-state index contributed by atoms with van der Waals surface area (Å²) in [7, 11) is 2.09. The molecule has 3 N–H and O–H groups in total. The Bertz CT molecular complexity index is 894. The Morgan fingerprint density at radius 2 is 2.19 bits per heavy atom. The fourth-order valence-electron chi connectivity index (χ4n) is 4.26. The molecule has 3 heterocycles. The van der Waals surface area contributed by atoms with Crippen molar-refractivity contribution in [2.24, 2.45) is 7.05 Å². The van der Waals surface area contributed by atoms with Crippen molar-refractivity contribution >= 4 is 16.8 Å². The summed E-state index contributed by atoms with van der Waals surface area (Å²) in [6.45, 7) is 2.32. The van der Waals surface area contributed by atoms with E-state index in [1.54, 1.807) is 0 Å². The van der Waals surface area contributed by atoms with E-state index in [0.717, 1.165) is 24.9 Å². The molecule has 1 amide bonds. The topological polar surface area (TPSA) is 54.3 Å². The Hall–Kier alpha value is -2.53. The lowest BCUT2D eigenvalue weighted by Crippen LogP contribution is -3.11. The largest absolute Gasteiger partial charge is 0.361 e. The minimum Gasteiger partial charge on any atom is -0.361 e. The predicted octanol–water partition coefficient (Wildman–Crippen LogP) is 1.59. The summed E-state index contributed by atoms with van der Waals surface area (Å²) < 4.78 is 2.19. The Labute approximate surface area is 154 Å². The van der Waals surface area contributed by atoms with Crippen LogP contribution in [0.25, 0.3) is 10.9 Å². The molecule has 0 bridgehead atoms. The summed E-state index contributed by atoms with van der Waals surface area (Å²) >= 11 is 0. The smallest absolute Gasteiger partial charge is 0.275 e. The van der Waals surface area contributed by atoms with Gasteiger partial charge in [-0.2, -0.15) is 0 Å². The molecular weight excluding hydrogens is 324 g/mol. The zero-order chi connectivity index (χ0) is 17.9. The first-order valence-corrected chi connectivity index (χ1v) is 9.50. The van der Waals surface area contributed by atoms with Gasteiger partial charge in [0.2, 0.25) is 0 Å². The van der Waals surface area contributed by atoms with Crippen molar-refractivity contribution in [2.45, 2.75) is 25.3 Å². The minimum absolute atomic E-state index is 0.154. The van der Waals surface area contributed by atoms with Crippen molar-refractivity contribution in [1.82, 2.24) is 14.9 Å². The first-order valence-electron chi connectivity index (χ1n) is 9.50. The zero-order valence-electron chi connectivity index (χ0n) is 15.3. The van der Waals surface area contributed by atoms with Crippen molar-refractivity contribution in [3.8, 4) is 0 Å². The van der Waals surface area contributed by atoms with Crippen LogP contribution in [0.4, 0.5) is 0 Å². The Balaban J connectivity index is 1.31. The highest BCUT2D eigenvalue weighted by Gasteiger charge is 2.32. The number of benzene rings is 1. The average Bonchev–Trinajstić information content (AvgIpc) is 3.35. The number of nitrogens with zero attached hydrogens (tertiary/aromatic N) is 1. The highest BCUT2D eigenvalue weighted by molar-refractivity contribution is 5.83. The fraction of sp³-hybridized carbons (Fsp3) is 0.381. The zero-order valence-corrected chi connectivity index (χ0v) is 15.3. The summed E-state index contributed by atoms with van der Waals surface area (Å²) in [6.07, 6.45) is 7.34. The Morgan fingerprint density at radius 3 is 3.04 bits per heavy atom. The van der Waals surface area contributed by atoms with E-state index in [2.05, 4.69) is 58.4 Å². The molecule has 0 radical (unpaired) electrons. The van der Waals surface area contributed by atoms with Gasteiger partial charge in [-0.25, -0.2) is 0 Å². The van der Waals surface area contributed by atoms with Gasteiger partial charge in [0.1, 0.15) is 6.04 Å². The number of para-hydroxylation sites is 1. The van der Waals surface area contributed by atoms with E-state index >= 15 is 0 Å². The summed E-state index contributed by atoms with van der Waals surface area (Å²) in [5, 5.41) is 4.36. The first-order chi connectivity index (χ1) is 12.7. The van der Waals surface area contributed by atoms with Gasteiger partial charge in [-0.1, -0.05) is 18.2 Å². The van der Waals surface area contributed by atoms with E-state index in [9.17, 15) is 4.79 Å². The maximum absolute atomic E-state index is 12.4. The van der Waals surface area contributed by atoms with Crippen LogP contribution < -0.4 is 10.2 Å². The van der Waals surface area contributed by atoms with Crippen LogP contribution >= 0.6 is 0 Å². The van der Waals surface area contributed by atoms with Crippen LogP contribution in [0.15, 0.2) is 48.8 Å². The molecule has 0 spiro atoms. The predicted molar refractivity (Wildman–Crippen MR) is 103 cm³/mol. The molecule has 1 aliphatic rings.